The van der Waals surface area contributed by atoms with Crippen LogP contribution in [0.25, 0.3) is 10.9 Å². The molecule has 0 saturated carbocycles. The van der Waals surface area contributed by atoms with E-state index >= 15 is 0 Å². The van der Waals surface area contributed by atoms with Gasteiger partial charge in [0, 0.05) is 17.1 Å². The highest BCUT2D eigenvalue weighted by atomic mass is 16.5. The fourth-order valence-corrected chi connectivity index (χ4v) is 3.56. The van der Waals surface area contributed by atoms with Crippen LogP contribution in [0, 0.1) is 0 Å². The quantitative estimate of drug-likeness (QED) is 0.359. The molecule has 4 rings (SSSR count). The van der Waals surface area contributed by atoms with Gasteiger partial charge in [-0.1, -0.05) is 66.7 Å². The minimum absolute atomic E-state index is 0.0502. The van der Waals surface area contributed by atoms with Gasteiger partial charge in [-0.15, -0.1) is 0 Å². The Balaban J connectivity index is 1.99. The van der Waals surface area contributed by atoms with E-state index in [9.17, 15) is 9.59 Å². The molecule has 0 saturated heterocycles. The summed E-state index contributed by atoms with van der Waals surface area (Å²) in [6.07, 6.45) is 1.69. The van der Waals surface area contributed by atoms with E-state index in [0.29, 0.717) is 22.2 Å². The second-order valence-electron chi connectivity index (χ2n) is 6.71. The second-order valence-corrected chi connectivity index (χ2v) is 6.71. The summed E-state index contributed by atoms with van der Waals surface area (Å²) >= 11 is 0. The number of benzene rings is 3. The molecule has 1 aromatic heterocycles. The number of hydrogen-bond acceptors (Lipinski definition) is 4. The summed E-state index contributed by atoms with van der Waals surface area (Å²) in [4.78, 5) is 30.4. The molecule has 29 heavy (non-hydrogen) atoms. The number of rotatable bonds is 5. The summed E-state index contributed by atoms with van der Waals surface area (Å²) in [5.41, 5.74) is 3.22. The van der Waals surface area contributed by atoms with Gasteiger partial charge in [-0.25, -0.2) is 4.79 Å². The molecular formula is C25H19NO3. The van der Waals surface area contributed by atoms with Crippen molar-refractivity contribution in [2.24, 2.45) is 0 Å². The van der Waals surface area contributed by atoms with Crippen molar-refractivity contribution < 1.29 is 14.3 Å². The zero-order valence-electron chi connectivity index (χ0n) is 15.9. The molecule has 142 valence electrons. The SMILES string of the molecule is COC(=O)c1cc(C(C(=O)c2ccccc2)c2ccccc2)c2ncccc2c1. The lowest BCUT2D eigenvalue weighted by Gasteiger charge is -2.19. The number of carbonyl (C=O) groups is 2. The van der Waals surface area contributed by atoms with E-state index in [0.717, 1.165) is 10.9 Å². The molecule has 1 heterocycles. The summed E-state index contributed by atoms with van der Waals surface area (Å²) < 4.78 is 4.93. The molecule has 0 aliphatic heterocycles. The molecule has 0 spiro atoms. The van der Waals surface area contributed by atoms with Crippen molar-refractivity contribution >= 4 is 22.7 Å². The third kappa shape index (κ3) is 3.65. The van der Waals surface area contributed by atoms with Crippen LogP contribution < -0.4 is 0 Å². The largest absolute Gasteiger partial charge is 0.465 e. The standard InChI is InChI=1S/C25H19NO3/c1-29-25(28)20-15-19-13-8-14-26-23(19)21(16-20)22(17-9-4-2-5-10-17)24(27)18-11-6-3-7-12-18/h2-16,22H,1H3. The second kappa shape index (κ2) is 8.07. The van der Waals surface area contributed by atoms with Gasteiger partial charge in [0.05, 0.1) is 24.1 Å². The summed E-state index contributed by atoms with van der Waals surface area (Å²) in [5, 5.41) is 0.784. The van der Waals surface area contributed by atoms with Gasteiger partial charge in [0.1, 0.15) is 0 Å². The van der Waals surface area contributed by atoms with Crippen LogP contribution in [-0.4, -0.2) is 23.8 Å². The minimum atomic E-state index is -0.597. The Morgan fingerprint density at radius 1 is 0.828 bits per heavy atom. The monoisotopic (exact) mass is 381 g/mol. The lowest BCUT2D eigenvalue weighted by molar-refractivity contribution is 0.0600. The molecule has 0 amide bonds. The number of fused-ring (bicyclic) bond motifs is 1. The number of hydrogen-bond donors (Lipinski definition) is 0. The van der Waals surface area contributed by atoms with Gasteiger partial charge in [-0.05, 0) is 29.3 Å². The van der Waals surface area contributed by atoms with Crippen LogP contribution in [0.1, 0.15) is 37.8 Å². The highest BCUT2D eigenvalue weighted by molar-refractivity contribution is 6.06. The molecule has 1 atom stereocenters. The molecule has 0 fully saturated rings. The molecule has 1 unspecified atom stereocenters. The molecule has 0 bridgehead atoms. The number of ketones is 1. The van der Waals surface area contributed by atoms with Crippen molar-refractivity contribution in [2.75, 3.05) is 7.11 Å². The van der Waals surface area contributed by atoms with Gasteiger partial charge in [0.2, 0.25) is 0 Å². The van der Waals surface area contributed by atoms with Gasteiger partial charge >= 0.3 is 5.97 Å². The van der Waals surface area contributed by atoms with E-state index in [2.05, 4.69) is 4.98 Å². The summed E-state index contributed by atoms with van der Waals surface area (Å²) in [6.45, 7) is 0. The number of ether oxygens (including phenoxy) is 1. The Labute approximate surface area is 168 Å². The Bertz CT molecular complexity index is 1170. The smallest absolute Gasteiger partial charge is 0.337 e. The number of Topliss-reactive ketones (excluding diaryl/α,β-unsaturated/α-hetero) is 1. The topological polar surface area (TPSA) is 56.3 Å². The lowest BCUT2D eigenvalue weighted by atomic mass is 9.83. The Morgan fingerprint density at radius 2 is 1.52 bits per heavy atom. The fourth-order valence-electron chi connectivity index (χ4n) is 3.56. The zero-order chi connectivity index (χ0) is 20.2. The maximum atomic E-state index is 13.6. The number of aromatic nitrogens is 1. The van der Waals surface area contributed by atoms with Crippen molar-refractivity contribution in [1.82, 2.24) is 4.98 Å². The fraction of sp³-hybridized carbons (Fsp3) is 0.0800. The molecular weight excluding hydrogens is 362 g/mol. The maximum Gasteiger partial charge on any atom is 0.337 e. The van der Waals surface area contributed by atoms with E-state index in [1.807, 2.05) is 60.7 Å². The molecule has 0 N–H and O–H groups in total. The first-order chi connectivity index (χ1) is 14.2. The Hall–Kier alpha value is -3.79. The summed E-state index contributed by atoms with van der Waals surface area (Å²) in [7, 11) is 1.35. The van der Waals surface area contributed by atoms with Gasteiger partial charge in [0.15, 0.2) is 5.78 Å². The van der Waals surface area contributed by atoms with Crippen molar-refractivity contribution in [2.45, 2.75) is 5.92 Å². The van der Waals surface area contributed by atoms with Crippen molar-refractivity contribution in [3.8, 4) is 0 Å². The number of carbonyl (C=O) groups excluding carboxylic acids is 2. The van der Waals surface area contributed by atoms with Crippen molar-refractivity contribution in [1.29, 1.82) is 0 Å². The van der Waals surface area contributed by atoms with Gasteiger partial charge < -0.3 is 4.74 Å². The summed E-state index contributed by atoms with van der Waals surface area (Å²) in [6, 6.07) is 25.9. The summed E-state index contributed by atoms with van der Waals surface area (Å²) in [5.74, 6) is -1.10. The number of pyridine rings is 1. The van der Waals surface area contributed by atoms with E-state index in [4.69, 9.17) is 4.74 Å². The van der Waals surface area contributed by atoms with E-state index < -0.39 is 11.9 Å². The lowest BCUT2D eigenvalue weighted by Crippen LogP contribution is -2.16. The van der Waals surface area contributed by atoms with Gasteiger partial charge in [0.25, 0.3) is 0 Å². The normalized spacial score (nSPS) is 11.8. The molecule has 0 aliphatic rings. The van der Waals surface area contributed by atoms with Crippen LogP contribution in [0.2, 0.25) is 0 Å². The third-order valence-electron chi connectivity index (χ3n) is 4.92. The van der Waals surface area contributed by atoms with Crippen LogP contribution >= 0.6 is 0 Å². The first kappa shape index (κ1) is 18.6. The van der Waals surface area contributed by atoms with Crippen LogP contribution in [0.3, 0.4) is 0 Å². The van der Waals surface area contributed by atoms with Crippen LogP contribution in [0.15, 0.2) is 91.1 Å². The van der Waals surface area contributed by atoms with E-state index in [1.54, 1.807) is 30.5 Å². The third-order valence-corrected chi connectivity index (χ3v) is 4.92. The average Bonchev–Trinajstić information content (AvgIpc) is 2.79. The molecule has 4 nitrogen and oxygen atoms in total. The van der Waals surface area contributed by atoms with E-state index in [-0.39, 0.29) is 5.78 Å². The number of methoxy groups -OCH3 is 1. The highest BCUT2D eigenvalue weighted by Crippen LogP contribution is 2.34. The molecule has 0 aliphatic carbocycles. The van der Waals surface area contributed by atoms with Crippen LogP contribution in [0.4, 0.5) is 0 Å². The first-order valence-electron chi connectivity index (χ1n) is 9.30. The Morgan fingerprint density at radius 3 is 2.21 bits per heavy atom. The molecule has 3 aromatic carbocycles. The number of nitrogens with zero attached hydrogens (tertiary/aromatic N) is 1. The minimum Gasteiger partial charge on any atom is -0.465 e. The van der Waals surface area contributed by atoms with E-state index in [1.165, 1.54) is 7.11 Å². The van der Waals surface area contributed by atoms with Crippen LogP contribution in [-0.2, 0) is 4.74 Å². The van der Waals surface area contributed by atoms with Crippen molar-refractivity contribution in [3.05, 3.63) is 113 Å². The van der Waals surface area contributed by atoms with Crippen molar-refractivity contribution in [3.63, 3.8) is 0 Å². The average molecular weight is 381 g/mol. The molecule has 0 radical (unpaired) electrons. The number of esters is 1. The first-order valence-corrected chi connectivity index (χ1v) is 9.30. The molecule has 4 heteroatoms. The molecule has 4 aromatic rings. The zero-order valence-corrected chi connectivity index (χ0v) is 15.9. The predicted octanol–water partition coefficient (Wildman–Crippen LogP) is 5.04. The van der Waals surface area contributed by atoms with Gasteiger partial charge in [-0.3, -0.25) is 9.78 Å². The Kier molecular flexibility index (Phi) is 5.16. The van der Waals surface area contributed by atoms with Crippen LogP contribution in [0.5, 0.6) is 0 Å². The van der Waals surface area contributed by atoms with Gasteiger partial charge in [-0.2, -0.15) is 0 Å². The predicted molar refractivity (Wildman–Crippen MR) is 112 cm³/mol. The highest BCUT2D eigenvalue weighted by Gasteiger charge is 2.27. The maximum absolute atomic E-state index is 13.6.